The second-order valence-corrected chi connectivity index (χ2v) is 4.37. The van der Waals surface area contributed by atoms with Crippen molar-refractivity contribution in [3.05, 3.63) is 30.1 Å². The van der Waals surface area contributed by atoms with Gasteiger partial charge < -0.3 is 15.4 Å². The van der Waals surface area contributed by atoms with E-state index in [0.29, 0.717) is 12.5 Å². The zero-order valence-electron chi connectivity index (χ0n) is 10.1. The Hall–Kier alpha value is -1.62. The van der Waals surface area contributed by atoms with Crippen molar-refractivity contribution >= 4 is 11.7 Å². The summed E-state index contributed by atoms with van der Waals surface area (Å²) in [6.45, 7) is 2.10. The number of amides is 2. The number of hydrogen-bond donors (Lipinski definition) is 2. The third kappa shape index (κ3) is 3.70. The van der Waals surface area contributed by atoms with Crippen LogP contribution >= 0.6 is 0 Å². The Morgan fingerprint density at radius 1 is 1.33 bits per heavy atom. The molecule has 1 aliphatic rings. The van der Waals surface area contributed by atoms with Crippen LogP contribution in [0.1, 0.15) is 12.8 Å². The first-order chi connectivity index (χ1) is 8.75. The zero-order valence-corrected chi connectivity index (χ0v) is 10.1. The van der Waals surface area contributed by atoms with Crippen molar-refractivity contribution in [3.63, 3.8) is 0 Å². The molecular formula is C13H17FN2O2. The van der Waals surface area contributed by atoms with Crippen molar-refractivity contribution in [2.75, 3.05) is 25.1 Å². The van der Waals surface area contributed by atoms with E-state index in [1.165, 1.54) is 12.1 Å². The van der Waals surface area contributed by atoms with Crippen LogP contribution in [0.4, 0.5) is 14.9 Å². The van der Waals surface area contributed by atoms with Gasteiger partial charge in [0.1, 0.15) is 5.82 Å². The molecule has 0 aliphatic carbocycles. The molecule has 0 aromatic heterocycles. The first-order valence-electron chi connectivity index (χ1n) is 6.13. The van der Waals surface area contributed by atoms with E-state index in [2.05, 4.69) is 10.6 Å². The minimum Gasteiger partial charge on any atom is -0.381 e. The van der Waals surface area contributed by atoms with Crippen LogP contribution in [0.25, 0.3) is 0 Å². The van der Waals surface area contributed by atoms with Gasteiger partial charge in [-0.3, -0.25) is 0 Å². The number of carbonyl (C=O) groups is 1. The van der Waals surface area contributed by atoms with Crippen LogP contribution in [0.15, 0.2) is 24.3 Å². The van der Waals surface area contributed by atoms with Crippen LogP contribution < -0.4 is 10.6 Å². The maximum absolute atomic E-state index is 13.3. The molecule has 0 saturated carbocycles. The number of urea groups is 1. The van der Waals surface area contributed by atoms with Gasteiger partial charge in [-0.1, -0.05) is 12.1 Å². The predicted octanol–water partition coefficient (Wildman–Crippen LogP) is 2.37. The van der Waals surface area contributed by atoms with Gasteiger partial charge in [-0.25, -0.2) is 9.18 Å². The third-order valence-electron chi connectivity index (χ3n) is 3.01. The molecule has 1 aromatic carbocycles. The smallest absolute Gasteiger partial charge is 0.319 e. The second kappa shape index (κ2) is 6.35. The highest BCUT2D eigenvalue weighted by molar-refractivity contribution is 5.89. The second-order valence-electron chi connectivity index (χ2n) is 4.37. The van der Waals surface area contributed by atoms with Gasteiger partial charge in [-0.15, -0.1) is 0 Å². The summed E-state index contributed by atoms with van der Waals surface area (Å²) in [5.41, 5.74) is 0.196. The van der Waals surface area contributed by atoms with Gasteiger partial charge in [0, 0.05) is 19.8 Å². The molecule has 5 heteroatoms. The van der Waals surface area contributed by atoms with E-state index in [1.54, 1.807) is 12.1 Å². The first kappa shape index (κ1) is 12.8. The minimum atomic E-state index is -0.432. The molecule has 0 unspecified atom stereocenters. The van der Waals surface area contributed by atoms with Crippen molar-refractivity contribution in [1.82, 2.24) is 5.32 Å². The highest BCUT2D eigenvalue weighted by atomic mass is 19.1. The van der Waals surface area contributed by atoms with Gasteiger partial charge in [0.2, 0.25) is 0 Å². The summed E-state index contributed by atoms with van der Waals surface area (Å²) in [5.74, 6) is 0.0174. The Morgan fingerprint density at radius 3 is 2.78 bits per heavy atom. The molecule has 2 rings (SSSR count). The molecule has 0 atom stereocenters. The summed E-state index contributed by atoms with van der Waals surface area (Å²) in [6.07, 6.45) is 1.92. The van der Waals surface area contributed by atoms with Gasteiger partial charge in [-0.05, 0) is 30.9 Å². The zero-order chi connectivity index (χ0) is 12.8. The number of hydrogen-bond acceptors (Lipinski definition) is 2. The quantitative estimate of drug-likeness (QED) is 0.867. The third-order valence-corrected chi connectivity index (χ3v) is 3.01. The molecule has 1 heterocycles. The summed E-state index contributed by atoms with van der Waals surface area (Å²) < 4.78 is 18.5. The highest BCUT2D eigenvalue weighted by Gasteiger charge is 2.14. The average Bonchev–Trinajstić information content (AvgIpc) is 2.40. The number of halogens is 1. The molecule has 2 amide bonds. The SMILES string of the molecule is O=C(NCC1CCOCC1)Nc1ccccc1F. The molecule has 1 aromatic rings. The number of carbonyl (C=O) groups excluding carboxylic acids is 1. The Labute approximate surface area is 106 Å². The van der Waals surface area contributed by atoms with E-state index in [1.807, 2.05) is 0 Å². The predicted molar refractivity (Wildman–Crippen MR) is 67.0 cm³/mol. The number of rotatable bonds is 3. The molecule has 4 nitrogen and oxygen atoms in total. The summed E-state index contributed by atoms with van der Waals surface area (Å²) in [7, 11) is 0. The van der Waals surface area contributed by atoms with Gasteiger partial charge in [0.25, 0.3) is 0 Å². The number of anilines is 1. The van der Waals surface area contributed by atoms with Crippen molar-refractivity contribution in [1.29, 1.82) is 0 Å². The molecule has 18 heavy (non-hydrogen) atoms. The van der Waals surface area contributed by atoms with Gasteiger partial charge in [0.05, 0.1) is 5.69 Å². The van der Waals surface area contributed by atoms with Crippen molar-refractivity contribution in [2.45, 2.75) is 12.8 Å². The number of nitrogens with one attached hydrogen (secondary N) is 2. The Bertz CT molecular complexity index is 406. The summed E-state index contributed by atoms with van der Waals surface area (Å²) in [5, 5.41) is 5.25. The van der Waals surface area contributed by atoms with E-state index in [0.717, 1.165) is 26.1 Å². The van der Waals surface area contributed by atoms with Crippen LogP contribution in [0, 0.1) is 11.7 Å². The lowest BCUT2D eigenvalue weighted by Gasteiger charge is -2.22. The van der Waals surface area contributed by atoms with E-state index >= 15 is 0 Å². The molecule has 1 saturated heterocycles. The lowest BCUT2D eigenvalue weighted by atomic mass is 10.0. The Morgan fingerprint density at radius 2 is 2.06 bits per heavy atom. The Kier molecular flexibility index (Phi) is 4.52. The molecule has 0 bridgehead atoms. The fourth-order valence-corrected chi connectivity index (χ4v) is 1.92. The monoisotopic (exact) mass is 252 g/mol. The lowest BCUT2D eigenvalue weighted by molar-refractivity contribution is 0.0671. The lowest BCUT2D eigenvalue weighted by Crippen LogP contribution is -2.35. The topological polar surface area (TPSA) is 50.4 Å². The van der Waals surface area contributed by atoms with Crippen LogP contribution in [-0.4, -0.2) is 25.8 Å². The largest absolute Gasteiger partial charge is 0.381 e. The van der Waals surface area contributed by atoms with Crippen molar-refractivity contribution in [3.8, 4) is 0 Å². The van der Waals surface area contributed by atoms with Gasteiger partial charge in [-0.2, -0.15) is 0 Å². The summed E-state index contributed by atoms with van der Waals surface area (Å²) in [4.78, 5) is 11.6. The molecule has 0 spiro atoms. The molecule has 0 radical (unpaired) electrons. The number of benzene rings is 1. The Balaban J connectivity index is 1.76. The first-order valence-corrected chi connectivity index (χ1v) is 6.13. The van der Waals surface area contributed by atoms with E-state index in [9.17, 15) is 9.18 Å². The molecule has 1 fully saturated rings. The molecule has 98 valence electrons. The summed E-state index contributed by atoms with van der Waals surface area (Å²) >= 11 is 0. The van der Waals surface area contributed by atoms with E-state index in [-0.39, 0.29) is 11.7 Å². The number of ether oxygens (including phenoxy) is 1. The minimum absolute atomic E-state index is 0.196. The molecule has 2 N–H and O–H groups in total. The van der Waals surface area contributed by atoms with Crippen molar-refractivity contribution in [2.24, 2.45) is 5.92 Å². The fraction of sp³-hybridized carbons (Fsp3) is 0.462. The number of para-hydroxylation sites is 1. The van der Waals surface area contributed by atoms with Crippen LogP contribution in [-0.2, 0) is 4.74 Å². The van der Waals surface area contributed by atoms with Gasteiger partial charge >= 0.3 is 6.03 Å². The van der Waals surface area contributed by atoms with E-state index in [4.69, 9.17) is 4.74 Å². The summed E-state index contributed by atoms with van der Waals surface area (Å²) in [6, 6.07) is 5.74. The molecule has 1 aliphatic heterocycles. The maximum Gasteiger partial charge on any atom is 0.319 e. The van der Waals surface area contributed by atoms with Crippen LogP contribution in [0.3, 0.4) is 0 Å². The molecular weight excluding hydrogens is 235 g/mol. The fourth-order valence-electron chi connectivity index (χ4n) is 1.92. The van der Waals surface area contributed by atoms with Gasteiger partial charge in [0.15, 0.2) is 0 Å². The van der Waals surface area contributed by atoms with E-state index < -0.39 is 5.82 Å². The normalized spacial score (nSPS) is 16.3. The maximum atomic E-state index is 13.3. The average molecular weight is 252 g/mol. The van der Waals surface area contributed by atoms with Crippen molar-refractivity contribution < 1.29 is 13.9 Å². The standard InChI is InChI=1S/C13H17FN2O2/c14-11-3-1-2-4-12(11)16-13(17)15-9-10-5-7-18-8-6-10/h1-4,10H,5-9H2,(H2,15,16,17). The highest BCUT2D eigenvalue weighted by Crippen LogP contribution is 2.14. The van der Waals surface area contributed by atoms with Crippen LogP contribution in [0.5, 0.6) is 0 Å². The van der Waals surface area contributed by atoms with Crippen LogP contribution in [0.2, 0.25) is 0 Å².